The summed E-state index contributed by atoms with van der Waals surface area (Å²) in [6.07, 6.45) is 5.14. The lowest BCUT2D eigenvalue weighted by Crippen LogP contribution is -2.13. The smallest absolute Gasteiger partial charge is 0.119 e. The van der Waals surface area contributed by atoms with E-state index in [2.05, 4.69) is 19.2 Å². The molecule has 0 bridgehead atoms. The summed E-state index contributed by atoms with van der Waals surface area (Å²) in [4.78, 5) is 0. The van der Waals surface area contributed by atoms with Gasteiger partial charge in [-0.25, -0.2) is 0 Å². The third-order valence-electron chi connectivity index (χ3n) is 3.79. The number of rotatable bonds is 11. The maximum atomic E-state index is 10.1. The van der Waals surface area contributed by atoms with Gasteiger partial charge >= 0.3 is 0 Å². The Morgan fingerprint density at radius 3 is 2.48 bits per heavy atom. The molecule has 1 aromatic rings. The van der Waals surface area contributed by atoms with Crippen molar-refractivity contribution in [1.29, 1.82) is 0 Å². The summed E-state index contributed by atoms with van der Waals surface area (Å²) < 4.78 is 5.94. The van der Waals surface area contributed by atoms with Crippen LogP contribution >= 0.6 is 0 Å². The first-order valence-corrected chi connectivity index (χ1v) is 8.26. The minimum Gasteiger partial charge on any atom is -0.493 e. The molecule has 0 fully saturated rings. The fourth-order valence-electron chi connectivity index (χ4n) is 2.60. The molecule has 1 unspecified atom stereocenters. The molecule has 0 aliphatic carbocycles. The van der Waals surface area contributed by atoms with Gasteiger partial charge in [0.2, 0.25) is 0 Å². The second-order valence-electron chi connectivity index (χ2n) is 5.73. The van der Waals surface area contributed by atoms with E-state index in [1.165, 1.54) is 25.7 Å². The van der Waals surface area contributed by atoms with Crippen molar-refractivity contribution >= 4 is 0 Å². The summed E-state index contributed by atoms with van der Waals surface area (Å²) in [6.45, 7) is 6.03. The molecular weight excluding hydrogens is 262 g/mol. The first-order valence-electron chi connectivity index (χ1n) is 8.26. The van der Waals surface area contributed by atoms with Crippen LogP contribution in [0.2, 0.25) is 0 Å². The highest BCUT2D eigenvalue weighted by atomic mass is 16.5. The standard InChI is InChI=1S/C18H31NO2/c1-4-7-15(8-5-2)14-21-17-10-6-9-16(13-17)18(20)11-12-19-3/h6,9-10,13,15,18-20H,4-5,7-8,11-12,14H2,1-3H3. The van der Waals surface area contributed by atoms with Crippen LogP contribution in [0, 0.1) is 5.92 Å². The van der Waals surface area contributed by atoms with Crippen molar-refractivity contribution in [2.45, 2.75) is 52.1 Å². The van der Waals surface area contributed by atoms with Gasteiger partial charge in [0.15, 0.2) is 0 Å². The quantitative estimate of drug-likeness (QED) is 0.649. The average molecular weight is 293 g/mol. The van der Waals surface area contributed by atoms with Crippen molar-refractivity contribution in [2.75, 3.05) is 20.2 Å². The van der Waals surface area contributed by atoms with Crippen LogP contribution in [0.5, 0.6) is 5.75 Å². The van der Waals surface area contributed by atoms with Crippen LogP contribution in [0.15, 0.2) is 24.3 Å². The highest BCUT2D eigenvalue weighted by Gasteiger charge is 2.10. The monoisotopic (exact) mass is 293 g/mol. The molecule has 0 amide bonds. The van der Waals surface area contributed by atoms with Gasteiger partial charge in [0.05, 0.1) is 12.7 Å². The lowest BCUT2D eigenvalue weighted by Gasteiger charge is -2.17. The fraction of sp³-hybridized carbons (Fsp3) is 0.667. The van der Waals surface area contributed by atoms with Gasteiger partial charge in [-0.3, -0.25) is 0 Å². The molecule has 120 valence electrons. The highest BCUT2D eigenvalue weighted by molar-refractivity contribution is 5.29. The SMILES string of the molecule is CCCC(CCC)COc1cccc(C(O)CCNC)c1. The van der Waals surface area contributed by atoms with E-state index in [1.807, 2.05) is 31.3 Å². The van der Waals surface area contributed by atoms with Crippen molar-refractivity contribution in [3.05, 3.63) is 29.8 Å². The molecule has 0 spiro atoms. The summed E-state index contributed by atoms with van der Waals surface area (Å²) in [5.74, 6) is 1.51. The van der Waals surface area contributed by atoms with Crippen LogP contribution < -0.4 is 10.1 Å². The number of aliphatic hydroxyl groups excluding tert-OH is 1. The Morgan fingerprint density at radius 1 is 1.14 bits per heavy atom. The molecule has 0 aliphatic heterocycles. The van der Waals surface area contributed by atoms with Gasteiger partial charge < -0.3 is 15.2 Å². The molecule has 1 atom stereocenters. The van der Waals surface area contributed by atoms with Crippen molar-refractivity contribution in [3.63, 3.8) is 0 Å². The highest BCUT2D eigenvalue weighted by Crippen LogP contribution is 2.23. The molecule has 0 aliphatic rings. The van der Waals surface area contributed by atoms with Gasteiger partial charge in [0.25, 0.3) is 0 Å². The Kier molecular flexibility index (Phi) is 9.11. The van der Waals surface area contributed by atoms with Crippen LogP contribution in [0.3, 0.4) is 0 Å². The second-order valence-corrected chi connectivity index (χ2v) is 5.73. The molecule has 1 rings (SSSR count). The molecule has 3 heteroatoms. The van der Waals surface area contributed by atoms with E-state index in [0.29, 0.717) is 12.3 Å². The number of ether oxygens (including phenoxy) is 1. The summed E-state index contributed by atoms with van der Waals surface area (Å²) in [5.41, 5.74) is 0.935. The molecule has 0 aromatic heterocycles. The molecule has 1 aromatic carbocycles. The molecule has 21 heavy (non-hydrogen) atoms. The van der Waals surface area contributed by atoms with E-state index < -0.39 is 6.10 Å². The van der Waals surface area contributed by atoms with Crippen LogP contribution in [0.25, 0.3) is 0 Å². The maximum absolute atomic E-state index is 10.1. The Hall–Kier alpha value is -1.06. The molecule has 0 heterocycles. The summed E-state index contributed by atoms with van der Waals surface area (Å²) in [7, 11) is 1.90. The first-order chi connectivity index (χ1) is 10.2. The van der Waals surface area contributed by atoms with E-state index in [0.717, 1.165) is 24.5 Å². The molecule has 0 saturated heterocycles. The van der Waals surface area contributed by atoms with Crippen molar-refractivity contribution in [3.8, 4) is 5.75 Å². The number of aliphatic hydroxyl groups is 1. The van der Waals surface area contributed by atoms with Gasteiger partial charge in [-0.1, -0.05) is 38.8 Å². The zero-order chi connectivity index (χ0) is 15.5. The topological polar surface area (TPSA) is 41.5 Å². The van der Waals surface area contributed by atoms with Gasteiger partial charge in [-0.15, -0.1) is 0 Å². The Bertz CT molecular complexity index is 375. The van der Waals surface area contributed by atoms with Crippen LogP contribution in [-0.4, -0.2) is 25.3 Å². The summed E-state index contributed by atoms with van der Waals surface area (Å²) >= 11 is 0. The van der Waals surface area contributed by atoms with Crippen LogP contribution in [0.4, 0.5) is 0 Å². The Labute approximate surface area is 129 Å². The largest absolute Gasteiger partial charge is 0.493 e. The third kappa shape index (κ3) is 6.96. The Morgan fingerprint density at radius 2 is 1.86 bits per heavy atom. The van der Waals surface area contributed by atoms with E-state index in [4.69, 9.17) is 4.74 Å². The molecular formula is C18H31NO2. The summed E-state index contributed by atoms with van der Waals surface area (Å²) in [5, 5.41) is 13.2. The average Bonchev–Trinajstić information content (AvgIpc) is 2.51. The second kappa shape index (κ2) is 10.6. The lowest BCUT2D eigenvalue weighted by molar-refractivity contribution is 0.166. The molecule has 3 nitrogen and oxygen atoms in total. The van der Waals surface area contributed by atoms with Gasteiger partial charge in [-0.05, 0) is 56.5 Å². The van der Waals surface area contributed by atoms with Crippen molar-refractivity contribution in [1.82, 2.24) is 5.32 Å². The number of hydrogen-bond donors (Lipinski definition) is 2. The predicted molar refractivity (Wildman–Crippen MR) is 88.7 cm³/mol. The van der Waals surface area contributed by atoms with E-state index in [-0.39, 0.29) is 0 Å². The lowest BCUT2D eigenvalue weighted by atomic mass is 9.99. The number of benzene rings is 1. The van der Waals surface area contributed by atoms with Crippen LogP contribution in [0.1, 0.15) is 57.6 Å². The zero-order valence-electron chi connectivity index (χ0n) is 13.8. The van der Waals surface area contributed by atoms with Crippen molar-refractivity contribution in [2.24, 2.45) is 5.92 Å². The number of hydrogen-bond acceptors (Lipinski definition) is 3. The third-order valence-corrected chi connectivity index (χ3v) is 3.79. The van der Waals surface area contributed by atoms with Gasteiger partial charge in [-0.2, -0.15) is 0 Å². The van der Waals surface area contributed by atoms with Gasteiger partial charge in [0.1, 0.15) is 5.75 Å². The summed E-state index contributed by atoms with van der Waals surface area (Å²) in [6, 6.07) is 7.86. The van der Waals surface area contributed by atoms with E-state index >= 15 is 0 Å². The number of nitrogens with one attached hydrogen (secondary N) is 1. The zero-order valence-corrected chi connectivity index (χ0v) is 13.8. The molecule has 0 radical (unpaired) electrons. The predicted octanol–water partition coefficient (Wildman–Crippen LogP) is 3.92. The minimum absolute atomic E-state index is 0.428. The maximum Gasteiger partial charge on any atom is 0.119 e. The van der Waals surface area contributed by atoms with Gasteiger partial charge in [0, 0.05) is 0 Å². The van der Waals surface area contributed by atoms with E-state index in [1.54, 1.807) is 0 Å². The Balaban J connectivity index is 2.55. The van der Waals surface area contributed by atoms with Crippen molar-refractivity contribution < 1.29 is 9.84 Å². The normalized spacial score (nSPS) is 12.6. The molecule has 0 saturated carbocycles. The van der Waals surface area contributed by atoms with E-state index in [9.17, 15) is 5.11 Å². The molecule has 2 N–H and O–H groups in total. The minimum atomic E-state index is -0.428. The first kappa shape index (κ1) is 18.0. The fourth-order valence-corrected chi connectivity index (χ4v) is 2.60. The van der Waals surface area contributed by atoms with Crippen LogP contribution in [-0.2, 0) is 0 Å².